The van der Waals surface area contributed by atoms with Crippen LogP contribution in [0.3, 0.4) is 0 Å². The van der Waals surface area contributed by atoms with Crippen molar-refractivity contribution in [3.63, 3.8) is 0 Å². The zero-order valence-corrected chi connectivity index (χ0v) is 15.7. The summed E-state index contributed by atoms with van der Waals surface area (Å²) in [4.78, 5) is 21.8. The maximum atomic E-state index is 10.9. The Labute approximate surface area is 155 Å². The van der Waals surface area contributed by atoms with E-state index in [0.29, 0.717) is 23.4 Å². The Morgan fingerprint density at radius 1 is 1.19 bits per heavy atom. The lowest BCUT2D eigenvalue weighted by molar-refractivity contribution is 0.394. The van der Waals surface area contributed by atoms with E-state index in [1.807, 2.05) is 0 Å². The third-order valence-corrected chi connectivity index (χ3v) is 5.21. The van der Waals surface area contributed by atoms with E-state index in [9.17, 15) is 9.90 Å². The molecule has 1 aromatic heterocycles. The number of benzene rings is 1. The molecule has 2 heterocycles. The normalized spacial score (nSPS) is 15.5. The van der Waals surface area contributed by atoms with Crippen molar-refractivity contribution in [2.75, 3.05) is 18.0 Å². The summed E-state index contributed by atoms with van der Waals surface area (Å²) < 4.78 is 0. The van der Waals surface area contributed by atoms with Gasteiger partial charge in [0.05, 0.1) is 5.69 Å². The van der Waals surface area contributed by atoms with Crippen LogP contribution >= 0.6 is 0 Å². The summed E-state index contributed by atoms with van der Waals surface area (Å²) in [5.74, 6) is 1.50. The molecule has 0 aliphatic carbocycles. The van der Waals surface area contributed by atoms with E-state index in [4.69, 9.17) is 0 Å². The molecule has 1 aliphatic heterocycles. The summed E-state index contributed by atoms with van der Waals surface area (Å²) in [5.41, 5.74) is 3.06. The largest absolute Gasteiger partial charge is 0.504 e. The Kier molecular flexibility index (Phi) is 5.55. The first-order chi connectivity index (χ1) is 12.5. The second kappa shape index (κ2) is 7.85. The predicted octanol–water partition coefficient (Wildman–Crippen LogP) is 3.53. The topological polar surface area (TPSA) is 66.3 Å². The van der Waals surface area contributed by atoms with Crippen LogP contribution in [-0.2, 0) is 11.2 Å². The minimum atomic E-state index is -0.164. The number of aromatic hydroxyl groups is 1. The molecule has 0 atom stereocenters. The molecule has 0 unspecified atom stereocenters. The monoisotopic (exact) mass is 352 g/mol. The van der Waals surface area contributed by atoms with Gasteiger partial charge in [0.25, 0.3) is 6.29 Å². The van der Waals surface area contributed by atoms with Crippen molar-refractivity contribution in [3.05, 3.63) is 47.0 Å². The van der Waals surface area contributed by atoms with Gasteiger partial charge in [-0.15, -0.1) is 0 Å². The molecular formula is C21H26N3O2. The van der Waals surface area contributed by atoms with Gasteiger partial charge in [-0.05, 0) is 49.3 Å². The van der Waals surface area contributed by atoms with E-state index in [2.05, 4.69) is 53.0 Å². The fraction of sp³-hybridized carbons (Fsp3) is 0.476. The molecule has 1 radical (unpaired) electrons. The molecule has 26 heavy (non-hydrogen) atoms. The standard InChI is InChI=1S/C21H26N3O2/c1-14(2)17-4-6-18(7-5-17)24-10-8-16(9-11-24)12-20-22-15(3)21(26)19(13-25)23-20/h4-7,14,16,26H,8-12H2,1-3H3. The molecule has 137 valence electrons. The van der Waals surface area contributed by atoms with E-state index in [1.54, 1.807) is 13.2 Å². The van der Waals surface area contributed by atoms with E-state index in [1.165, 1.54) is 11.3 Å². The highest BCUT2D eigenvalue weighted by molar-refractivity contribution is 5.76. The fourth-order valence-electron chi connectivity index (χ4n) is 3.51. The van der Waals surface area contributed by atoms with Crippen molar-refractivity contribution in [1.29, 1.82) is 0 Å². The van der Waals surface area contributed by atoms with E-state index in [0.717, 1.165) is 32.4 Å². The summed E-state index contributed by atoms with van der Waals surface area (Å²) in [6, 6.07) is 8.87. The molecule has 0 saturated carbocycles. The zero-order valence-electron chi connectivity index (χ0n) is 15.7. The molecule has 1 N–H and O–H groups in total. The van der Waals surface area contributed by atoms with Crippen molar-refractivity contribution in [3.8, 4) is 5.75 Å². The number of carbonyl (C=O) groups excluding carboxylic acids is 1. The molecule has 3 rings (SSSR count). The van der Waals surface area contributed by atoms with Crippen LogP contribution in [0.1, 0.15) is 55.4 Å². The Bertz CT molecular complexity index is 764. The lowest BCUT2D eigenvalue weighted by atomic mass is 9.92. The van der Waals surface area contributed by atoms with Crippen LogP contribution in [0.5, 0.6) is 5.75 Å². The summed E-state index contributed by atoms with van der Waals surface area (Å²) >= 11 is 0. The zero-order chi connectivity index (χ0) is 18.7. The van der Waals surface area contributed by atoms with Crippen LogP contribution < -0.4 is 4.90 Å². The van der Waals surface area contributed by atoms with Gasteiger partial charge in [0, 0.05) is 25.2 Å². The number of hydrogen-bond donors (Lipinski definition) is 1. The van der Waals surface area contributed by atoms with E-state index < -0.39 is 0 Å². The number of nitrogens with zero attached hydrogens (tertiary/aromatic N) is 3. The van der Waals surface area contributed by atoms with Crippen LogP contribution in [0.4, 0.5) is 5.69 Å². The number of aryl methyl sites for hydroxylation is 1. The van der Waals surface area contributed by atoms with Gasteiger partial charge in [0.2, 0.25) is 0 Å². The van der Waals surface area contributed by atoms with E-state index in [-0.39, 0.29) is 11.4 Å². The molecule has 1 fully saturated rings. The molecular weight excluding hydrogens is 326 g/mol. The lowest BCUT2D eigenvalue weighted by Gasteiger charge is -2.33. The fourth-order valence-corrected chi connectivity index (χ4v) is 3.51. The van der Waals surface area contributed by atoms with Gasteiger partial charge in [-0.1, -0.05) is 26.0 Å². The number of hydrogen-bond acceptors (Lipinski definition) is 5. The lowest BCUT2D eigenvalue weighted by Crippen LogP contribution is -2.34. The van der Waals surface area contributed by atoms with Crippen LogP contribution in [0.2, 0.25) is 0 Å². The van der Waals surface area contributed by atoms with Crippen molar-refractivity contribution < 1.29 is 9.90 Å². The summed E-state index contributed by atoms with van der Waals surface area (Å²) in [7, 11) is 0. The maximum Gasteiger partial charge on any atom is 0.257 e. The Morgan fingerprint density at radius 2 is 1.85 bits per heavy atom. The molecule has 0 bridgehead atoms. The van der Waals surface area contributed by atoms with Gasteiger partial charge < -0.3 is 10.0 Å². The summed E-state index contributed by atoms with van der Waals surface area (Å²) in [5, 5.41) is 9.75. The first kappa shape index (κ1) is 18.4. The van der Waals surface area contributed by atoms with Gasteiger partial charge in [-0.3, -0.25) is 4.79 Å². The molecule has 5 nitrogen and oxygen atoms in total. The molecule has 0 amide bonds. The number of anilines is 1. The van der Waals surface area contributed by atoms with Crippen LogP contribution in [0, 0.1) is 12.8 Å². The molecule has 5 heteroatoms. The van der Waals surface area contributed by atoms with Crippen molar-refractivity contribution in [2.24, 2.45) is 5.92 Å². The minimum Gasteiger partial charge on any atom is -0.504 e. The molecule has 1 aliphatic rings. The summed E-state index contributed by atoms with van der Waals surface area (Å²) in [6.07, 6.45) is 4.56. The number of rotatable bonds is 5. The molecule has 1 saturated heterocycles. The van der Waals surface area contributed by atoms with E-state index >= 15 is 0 Å². The van der Waals surface area contributed by atoms with Gasteiger partial charge in [-0.2, -0.15) is 0 Å². The second-order valence-corrected chi connectivity index (χ2v) is 7.41. The summed E-state index contributed by atoms with van der Waals surface area (Å²) in [6.45, 7) is 8.12. The third-order valence-electron chi connectivity index (χ3n) is 5.21. The molecule has 2 aromatic rings. The average Bonchev–Trinajstić information content (AvgIpc) is 2.65. The highest BCUT2D eigenvalue weighted by atomic mass is 16.3. The smallest absolute Gasteiger partial charge is 0.257 e. The number of aromatic nitrogens is 2. The van der Waals surface area contributed by atoms with Crippen LogP contribution in [0.25, 0.3) is 0 Å². The third kappa shape index (κ3) is 4.03. The van der Waals surface area contributed by atoms with Crippen molar-refractivity contribution in [2.45, 2.75) is 46.0 Å². The van der Waals surface area contributed by atoms with Gasteiger partial charge in [-0.25, -0.2) is 9.97 Å². The van der Waals surface area contributed by atoms with Crippen molar-refractivity contribution >= 4 is 12.0 Å². The van der Waals surface area contributed by atoms with Gasteiger partial charge >= 0.3 is 0 Å². The average molecular weight is 352 g/mol. The Balaban J connectivity index is 1.60. The Morgan fingerprint density at radius 3 is 2.42 bits per heavy atom. The highest BCUT2D eigenvalue weighted by Gasteiger charge is 2.22. The van der Waals surface area contributed by atoms with Crippen LogP contribution in [-0.4, -0.2) is 34.5 Å². The first-order valence-corrected chi connectivity index (χ1v) is 9.27. The number of piperidine rings is 1. The quantitative estimate of drug-likeness (QED) is 0.892. The van der Waals surface area contributed by atoms with Crippen molar-refractivity contribution in [1.82, 2.24) is 9.97 Å². The SMILES string of the molecule is Cc1nc(CC2CCN(c3ccc(C(C)C)cc3)CC2)nc([C]=O)c1O. The first-order valence-electron chi connectivity index (χ1n) is 9.27. The van der Waals surface area contributed by atoms with Gasteiger partial charge in [0.1, 0.15) is 5.82 Å². The minimum absolute atomic E-state index is 0.0322. The Hall–Kier alpha value is -2.43. The van der Waals surface area contributed by atoms with Crippen LogP contribution in [0.15, 0.2) is 24.3 Å². The molecule has 1 aromatic carbocycles. The molecule has 0 spiro atoms. The maximum absolute atomic E-state index is 10.9. The van der Waals surface area contributed by atoms with Gasteiger partial charge in [0.15, 0.2) is 11.4 Å². The highest BCUT2D eigenvalue weighted by Crippen LogP contribution is 2.27. The predicted molar refractivity (Wildman–Crippen MR) is 102 cm³/mol. The second-order valence-electron chi connectivity index (χ2n) is 7.41.